The van der Waals surface area contributed by atoms with Crippen molar-refractivity contribution in [1.29, 1.82) is 0 Å². The highest BCUT2D eigenvalue weighted by molar-refractivity contribution is 8.93. The van der Waals surface area contributed by atoms with E-state index in [4.69, 9.17) is 9.47 Å². The minimum Gasteiger partial charge on any atom is -0.376 e. The van der Waals surface area contributed by atoms with E-state index in [1.54, 1.807) is 12.7 Å². The summed E-state index contributed by atoms with van der Waals surface area (Å²) in [4.78, 5) is 4.03. The Morgan fingerprint density at radius 1 is 1.12 bits per heavy atom. The Morgan fingerprint density at radius 3 is 2.18 bits per heavy atom. The fraction of sp³-hybridized carbons (Fsp3) is 0.818. The maximum atomic E-state index is 5.78. The molecule has 0 bridgehead atoms. The summed E-state index contributed by atoms with van der Waals surface area (Å²) in [5.74, 6) is 0. The van der Waals surface area contributed by atoms with Gasteiger partial charge in [-0.05, 0) is 25.7 Å². The third-order valence-electron chi connectivity index (χ3n) is 3.43. The summed E-state index contributed by atoms with van der Waals surface area (Å²) in [7, 11) is 0. The highest BCUT2D eigenvalue weighted by Crippen LogP contribution is 2.32. The van der Waals surface area contributed by atoms with Crippen LogP contribution in [0.15, 0.2) is 12.7 Å². The first kappa shape index (κ1) is 13.0. The molecule has 2 fully saturated rings. The van der Waals surface area contributed by atoms with E-state index in [1.165, 1.54) is 0 Å². The van der Waals surface area contributed by atoms with Crippen molar-refractivity contribution in [2.75, 3.05) is 13.2 Å². The molecule has 5 nitrogen and oxygen atoms in total. The minimum atomic E-state index is 0. The number of halogens is 1. The van der Waals surface area contributed by atoms with Crippen molar-refractivity contribution >= 4 is 17.0 Å². The van der Waals surface area contributed by atoms with Crippen LogP contribution in [-0.4, -0.2) is 40.2 Å². The molecule has 3 rings (SSSR count). The molecule has 3 heterocycles. The number of hydrogen-bond donors (Lipinski definition) is 0. The van der Waals surface area contributed by atoms with Crippen LogP contribution < -0.4 is 0 Å². The molecule has 0 amide bonds. The molecular formula is C11H18BrN3O2. The SMILES string of the molecule is Br.c1ncn(C(C2CCCO2)C2CCCO2)n1. The van der Waals surface area contributed by atoms with Gasteiger partial charge in [0.1, 0.15) is 18.7 Å². The van der Waals surface area contributed by atoms with Gasteiger partial charge in [-0.1, -0.05) is 0 Å². The maximum Gasteiger partial charge on any atom is 0.137 e. The Bertz CT molecular complexity index is 305. The molecule has 1 aromatic rings. The van der Waals surface area contributed by atoms with E-state index < -0.39 is 0 Å². The average Bonchev–Trinajstić information content (AvgIpc) is 3.02. The van der Waals surface area contributed by atoms with Crippen molar-refractivity contribution in [2.24, 2.45) is 0 Å². The molecule has 2 saturated heterocycles. The maximum absolute atomic E-state index is 5.78. The zero-order valence-corrected chi connectivity index (χ0v) is 11.4. The van der Waals surface area contributed by atoms with Crippen molar-refractivity contribution in [3.63, 3.8) is 0 Å². The molecule has 2 aliphatic rings. The molecule has 0 aliphatic carbocycles. The number of aromatic nitrogens is 3. The van der Waals surface area contributed by atoms with Crippen molar-refractivity contribution < 1.29 is 9.47 Å². The summed E-state index contributed by atoms with van der Waals surface area (Å²) in [6, 6.07) is 0.201. The Morgan fingerprint density at radius 2 is 1.76 bits per heavy atom. The second kappa shape index (κ2) is 5.93. The van der Waals surface area contributed by atoms with Crippen LogP contribution in [0.1, 0.15) is 31.7 Å². The van der Waals surface area contributed by atoms with Crippen LogP contribution >= 0.6 is 17.0 Å². The molecule has 1 aromatic heterocycles. The van der Waals surface area contributed by atoms with E-state index >= 15 is 0 Å². The van der Waals surface area contributed by atoms with E-state index in [-0.39, 0.29) is 35.2 Å². The zero-order valence-electron chi connectivity index (χ0n) is 9.70. The van der Waals surface area contributed by atoms with E-state index in [1.807, 2.05) is 4.68 Å². The molecule has 6 heteroatoms. The molecule has 96 valence electrons. The molecule has 2 unspecified atom stereocenters. The van der Waals surface area contributed by atoms with Gasteiger partial charge in [0.2, 0.25) is 0 Å². The summed E-state index contributed by atoms with van der Waals surface area (Å²) in [6.45, 7) is 1.73. The van der Waals surface area contributed by atoms with Crippen molar-refractivity contribution in [3.05, 3.63) is 12.7 Å². The summed E-state index contributed by atoms with van der Waals surface area (Å²) < 4.78 is 13.5. The van der Waals surface area contributed by atoms with Gasteiger partial charge >= 0.3 is 0 Å². The van der Waals surface area contributed by atoms with Crippen LogP contribution in [0.3, 0.4) is 0 Å². The van der Waals surface area contributed by atoms with E-state index in [0.717, 1.165) is 38.9 Å². The van der Waals surface area contributed by atoms with Crippen LogP contribution in [0.25, 0.3) is 0 Å². The first-order valence-electron chi connectivity index (χ1n) is 6.02. The number of hydrogen-bond acceptors (Lipinski definition) is 4. The highest BCUT2D eigenvalue weighted by atomic mass is 79.9. The molecule has 0 spiro atoms. The zero-order chi connectivity index (χ0) is 10.8. The topological polar surface area (TPSA) is 49.2 Å². The third kappa shape index (κ3) is 2.69. The quantitative estimate of drug-likeness (QED) is 0.854. The first-order chi connectivity index (χ1) is 7.95. The predicted molar refractivity (Wildman–Crippen MR) is 67.3 cm³/mol. The summed E-state index contributed by atoms with van der Waals surface area (Å²) in [6.07, 6.45) is 8.32. The van der Waals surface area contributed by atoms with Gasteiger partial charge in [0.05, 0.1) is 12.2 Å². The smallest absolute Gasteiger partial charge is 0.137 e. The van der Waals surface area contributed by atoms with Gasteiger partial charge in [0.25, 0.3) is 0 Å². The Balaban J connectivity index is 0.00000108. The minimum absolute atomic E-state index is 0. The lowest BCUT2D eigenvalue weighted by Crippen LogP contribution is -2.34. The number of ether oxygens (including phenoxy) is 2. The van der Waals surface area contributed by atoms with Crippen LogP contribution in [0.5, 0.6) is 0 Å². The van der Waals surface area contributed by atoms with Gasteiger partial charge in [0.15, 0.2) is 0 Å². The first-order valence-corrected chi connectivity index (χ1v) is 6.02. The van der Waals surface area contributed by atoms with E-state index in [9.17, 15) is 0 Å². The van der Waals surface area contributed by atoms with Crippen LogP contribution in [0.4, 0.5) is 0 Å². The number of rotatable bonds is 3. The van der Waals surface area contributed by atoms with Crippen LogP contribution in [-0.2, 0) is 9.47 Å². The molecule has 0 saturated carbocycles. The van der Waals surface area contributed by atoms with Crippen molar-refractivity contribution in [1.82, 2.24) is 14.8 Å². The van der Waals surface area contributed by atoms with Gasteiger partial charge in [-0.2, -0.15) is 5.10 Å². The molecule has 2 atom stereocenters. The fourth-order valence-corrected chi connectivity index (χ4v) is 2.70. The lowest BCUT2D eigenvalue weighted by Gasteiger charge is -2.27. The third-order valence-corrected chi connectivity index (χ3v) is 3.43. The second-order valence-electron chi connectivity index (χ2n) is 4.47. The standard InChI is InChI=1S/C11H17N3O2.BrH/c1-3-9(15-5-1)11(10-4-2-6-16-10)14-8-12-7-13-14;/h7-11H,1-6H2;1H. The molecule has 2 aliphatic heterocycles. The van der Waals surface area contributed by atoms with Crippen LogP contribution in [0.2, 0.25) is 0 Å². The molecule has 17 heavy (non-hydrogen) atoms. The normalized spacial score (nSPS) is 30.1. The molecule has 0 radical (unpaired) electrons. The van der Waals surface area contributed by atoms with E-state index in [2.05, 4.69) is 10.1 Å². The summed E-state index contributed by atoms with van der Waals surface area (Å²) in [5.41, 5.74) is 0. The second-order valence-corrected chi connectivity index (χ2v) is 4.47. The Hall–Kier alpha value is -0.460. The molecule has 0 aromatic carbocycles. The monoisotopic (exact) mass is 303 g/mol. The average molecular weight is 304 g/mol. The molecule has 0 N–H and O–H groups in total. The van der Waals surface area contributed by atoms with Gasteiger partial charge in [-0.25, -0.2) is 9.67 Å². The Labute approximate surface area is 111 Å². The van der Waals surface area contributed by atoms with Gasteiger partial charge in [-0.3, -0.25) is 0 Å². The summed E-state index contributed by atoms with van der Waals surface area (Å²) >= 11 is 0. The number of nitrogens with zero attached hydrogens (tertiary/aromatic N) is 3. The van der Waals surface area contributed by atoms with Crippen molar-refractivity contribution in [2.45, 2.75) is 43.9 Å². The lowest BCUT2D eigenvalue weighted by atomic mass is 10.0. The van der Waals surface area contributed by atoms with E-state index in [0.29, 0.717) is 0 Å². The Kier molecular flexibility index (Phi) is 4.53. The van der Waals surface area contributed by atoms with Gasteiger partial charge in [-0.15, -0.1) is 17.0 Å². The highest BCUT2D eigenvalue weighted by Gasteiger charge is 2.36. The van der Waals surface area contributed by atoms with Gasteiger partial charge in [0, 0.05) is 13.2 Å². The van der Waals surface area contributed by atoms with Crippen molar-refractivity contribution in [3.8, 4) is 0 Å². The summed E-state index contributed by atoms with van der Waals surface area (Å²) in [5, 5.41) is 4.25. The van der Waals surface area contributed by atoms with Gasteiger partial charge < -0.3 is 9.47 Å². The molecular weight excluding hydrogens is 286 g/mol. The lowest BCUT2D eigenvalue weighted by molar-refractivity contribution is -0.0161. The largest absolute Gasteiger partial charge is 0.376 e. The van der Waals surface area contributed by atoms with Crippen LogP contribution in [0, 0.1) is 0 Å². The predicted octanol–water partition coefficient (Wildman–Crippen LogP) is 1.76. The fourth-order valence-electron chi connectivity index (χ4n) is 2.70.